The molecule has 1 aromatic rings. The molecule has 1 aromatic heterocycles. The zero-order valence-electron chi connectivity index (χ0n) is 10.2. The molecular formula is C10H14NO8P. The van der Waals surface area contributed by atoms with Crippen LogP contribution in [0.15, 0.2) is 16.7 Å². The molecule has 0 bridgehead atoms. The van der Waals surface area contributed by atoms with E-state index >= 15 is 0 Å². The van der Waals surface area contributed by atoms with E-state index in [0.29, 0.717) is 0 Å². The average molecular weight is 307 g/mol. The number of hydrogen-bond acceptors (Lipinski definition) is 6. The topological polar surface area (TPSA) is 171 Å². The van der Waals surface area contributed by atoms with Crippen molar-refractivity contribution in [1.29, 1.82) is 0 Å². The normalized spacial score (nSPS) is 17.1. The lowest BCUT2D eigenvalue weighted by molar-refractivity contribution is -0.138. The molecule has 0 amide bonds. The van der Waals surface area contributed by atoms with Gasteiger partial charge in [-0.25, -0.2) is 4.79 Å². The fourth-order valence-electron chi connectivity index (χ4n) is 1.40. The summed E-state index contributed by atoms with van der Waals surface area (Å²) in [5.41, 5.74) is 5.03. The fraction of sp³-hybridized carbons (Fsp3) is 0.400. The molecule has 1 heterocycles. The third-order valence-corrected chi connectivity index (χ3v) is 4.55. The number of aliphatic carboxylic acids is 1. The predicted octanol–water partition coefficient (Wildman–Crippen LogP) is 0.0411. The van der Waals surface area contributed by atoms with Crippen LogP contribution in [0, 0.1) is 0 Å². The van der Waals surface area contributed by atoms with Gasteiger partial charge in [-0.3, -0.25) is 9.36 Å². The SMILES string of the molecule is N[C@@H](CCP(=O)(O)C(O)c1coc(C(=O)O)c1)C(=O)O. The van der Waals surface area contributed by atoms with Crippen LogP contribution in [0.3, 0.4) is 0 Å². The highest BCUT2D eigenvalue weighted by atomic mass is 31.2. The highest BCUT2D eigenvalue weighted by molar-refractivity contribution is 7.58. The predicted molar refractivity (Wildman–Crippen MR) is 65.5 cm³/mol. The maximum atomic E-state index is 11.9. The first kappa shape index (κ1) is 16.4. The molecular weight excluding hydrogens is 293 g/mol. The molecule has 20 heavy (non-hydrogen) atoms. The number of aliphatic hydroxyl groups is 1. The summed E-state index contributed by atoms with van der Waals surface area (Å²) in [6.45, 7) is 0. The van der Waals surface area contributed by atoms with Crippen molar-refractivity contribution in [2.24, 2.45) is 5.73 Å². The summed E-state index contributed by atoms with van der Waals surface area (Å²) in [6, 6.07) is -0.394. The van der Waals surface area contributed by atoms with Crippen molar-refractivity contribution < 1.29 is 38.8 Å². The third kappa shape index (κ3) is 3.91. The Morgan fingerprint density at radius 3 is 2.45 bits per heavy atom. The van der Waals surface area contributed by atoms with E-state index in [9.17, 15) is 24.2 Å². The van der Waals surface area contributed by atoms with E-state index in [0.717, 1.165) is 12.3 Å². The lowest BCUT2D eigenvalue weighted by Gasteiger charge is -2.17. The largest absolute Gasteiger partial charge is 0.480 e. The van der Waals surface area contributed by atoms with E-state index in [1.54, 1.807) is 0 Å². The molecule has 0 aliphatic heterocycles. The monoisotopic (exact) mass is 307 g/mol. The molecule has 6 N–H and O–H groups in total. The number of furan rings is 1. The van der Waals surface area contributed by atoms with Crippen LogP contribution in [0.1, 0.15) is 28.4 Å². The van der Waals surface area contributed by atoms with Crippen molar-refractivity contribution in [2.75, 3.05) is 6.16 Å². The number of aliphatic hydroxyl groups excluding tert-OH is 1. The first-order valence-corrected chi connectivity index (χ1v) is 7.36. The zero-order chi connectivity index (χ0) is 15.5. The zero-order valence-corrected chi connectivity index (χ0v) is 11.1. The lowest BCUT2D eigenvalue weighted by atomic mass is 10.2. The number of carboxylic acids is 2. The first-order chi connectivity index (χ1) is 9.15. The number of carbonyl (C=O) groups is 2. The Labute approximate surface area is 113 Å². The third-order valence-electron chi connectivity index (χ3n) is 2.59. The van der Waals surface area contributed by atoms with Gasteiger partial charge in [-0.15, -0.1) is 0 Å². The molecule has 0 saturated carbocycles. The first-order valence-electron chi connectivity index (χ1n) is 5.45. The van der Waals surface area contributed by atoms with Gasteiger partial charge in [0.25, 0.3) is 0 Å². The highest BCUT2D eigenvalue weighted by Crippen LogP contribution is 2.54. The van der Waals surface area contributed by atoms with Crippen molar-refractivity contribution in [3.05, 3.63) is 23.7 Å². The number of aromatic carboxylic acids is 1. The van der Waals surface area contributed by atoms with Gasteiger partial charge in [0, 0.05) is 11.7 Å². The second-order valence-electron chi connectivity index (χ2n) is 4.14. The summed E-state index contributed by atoms with van der Waals surface area (Å²) in [7, 11) is -4.16. The fourth-order valence-corrected chi connectivity index (χ4v) is 2.90. The highest BCUT2D eigenvalue weighted by Gasteiger charge is 2.33. The van der Waals surface area contributed by atoms with E-state index in [4.69, 9.17) is 15.9 Å². The molecule has 0 aromatic carbocycles. The van der Waals surface area contributed by atoms with Gasteiger partial charge in [-0.2, -0.15) is 0 Å². The smallest absolute Gasteiger partial charge is 0.371 e. The Bertz CT molecular complexity index is 553. The molecule has 0 radical (unpaired) electrons. The Kier molecular flexibility index (Phi) is 5.07. The van der Waals surface area contributed by atoms with E-state index in [2.05, 4.69) is 4.42 Å². The number of rotatable bonds is 7. The van der Waals surface area contributed by atoms with Crippen LogP contribution in [0.2, 0.25) is 0 Å². The Balaban J connectivity index is 2.77. The van der Waals surface area contributed by atoms with Gasteiger partial charge >= 0.3 is 11.9 Å². The van der Waals surface area contributed by atoms with Crippen LogP contribution in [0.5, 0.6) is 0 Å². The van der Waals surface area contributed by atoms with Gasteiger partial charge in [0.05, 0.1) is 6.26 Å². The Morgan fingerprint density at radius 2 is 2.00 bits per heavy atom. The molecule has 0 aliphatic rings. The van der Waals surface area contributed by atoms with Crippen molar-refractivity contribution in [3.63, 3.8) is 0 Å². The Hall–Kier alpha value is -1.67. The summed E-state index contributed by atoms with van der Waals surface area (Å²) < 4.78 is 16.5. The van der Waals surface area contributed by atoms with E-state index in [1.165, 1.54) is 0 Å². The molecule has 3 atom stereocenters. The minimum atomic E-state index is -4.16. The van der Waals surface area contributed by atoms with Gasteiger partial charge in [-0.1, -0.05) is 0 Å². The van der Waals surface area contributed by atoms with Gasteiger partial charge < -0.3 is 30.4 Å². The number of hydrogen-bond donors (Lipinski definition) is 5. The van der Waals surface area contributed by atoms with Gasteiger partial charge in [0.15, 0.2) is 5.85 Å². The summed E-state index contributed by atoms with van der Waals surface area (Å²) in [6.07, 6.45) is 0.0349. The van der Waals surface area contributed by atoms with E-state index in [-0.39, 0.29) is 12.0 Å². The second kappa shape index (κ2) is 6.19. The van der Waals surface area contributed by atoms with Gasteiger partial charge in [0.2, 0.25) is 13.1 Å². The molecule has 1 rings (SSSR count). The summed E-state index contributed by atoms with van der Waals surface area (Å²) in [5, 5.41) is 26.9. The van der Waals surface area contributed by atoms with Crippen LogP contribution in [0.25, 0.3) is 0 Å². The maximum absolute atomic E-state index is 11.9. The quantitative estimate of drug-likeness (QED) is 0.436. The van der Waals surface area contributed by atoms with E-state index < -0.39 is 43.1 Å². The molecule has 112 valence electrons. The molecule has 9 nitrogen and oxygen atoms in total. The second-order valence-corrected chi connectivity index (χ2v) is 6.58. The average Bonchev–Trinajstić information content (AvgIpc) is 2.84. The van der Waals surface area contributed by atoms with E-state index in [1.807, 2.05) is 0 Å². The standard InChI is InChI=1S/C10H14NO8P/c11-6(8(12)13)1-2-20(17,18)10(16)5-3-7(9(14)15)19-4-5/h3-4,6,10,16H,1-2,11H2,(H,12,13)(H,14,15)(H,17,18)/t6-,10?/m0/s1. The minimum Gasteiger partial charge on any atom is -0.480 e. The molecule has 0 spiro atoms. The summed E-state index contributed by atoms with van der Waals surface area (Å²) in [4.78, 5) is 30.8. The van der Waals surface area contributed by atoms with Crippen LogP contribution < -0.4 is 5.73 Å². The van der Waals surface area contributed by atoms with Gasteiger partial charge in [0.1, 0.15) is 6.04 Å². The van der Waals surface area contributed by atoms with Crippen LogP contribution in [-0.2, 0) is 9.36 Å². The van der Waals surface area contributed by atoms with Crippen molar-refractivity contribution in [3.8, 4) is 0 Å². The Morgan fingerprint density at radius 1 is 1.40 bits per heavy atom. The number of carboxylic acid groups (broad SMARTS) is 2. The number of nitrogens with two attached hydrogens (primary N) is 1. The lowest BCUT2D eigenvalue weighted by Crippen LogP contribution is -2.31. The molecule has 0 saturated heterocycles. The molecule has 2 unspecified atom stereocenters. The van der Waals surface area contributed by atoms with Crippen molar-refractivity contribution >= 4 is 19.3 Å². The van der Waals surface area contributed by atoms with Crippen molar-refractivity contribution in [2.45, 2.75) is 18.3 Å². The van der Waals surface area contributed by atoms with Crippen LogP contribution >= 0.6 is 7.37 Å². The van der Waals surface area contributed by atoms with Crippen LogP contribution in [-0.4, -0.2) is 44.4 Å². The summed E-state index contributed by atoms with van der Waals surface area (Å²) >= 11 is 0. The maximum Gasteiger partial charge on any atom is 0.371 e. The van der Waals surface area contributed by atoms with Crippen molar-refractivity contribution in [1.82, 2.24) is 0 Å². The minimum absolute atomic E-state index is 0.169. The molecule has 0 aliphatic carbocycles. The van der Waals surface area contributed by atoms with Gasteiger partial charge in [-0.05, 0) is 12.5 Å². The molecule has 10 heteroatoms. The van der Waals surface area contributed by atoms with Crippen LogP contribution in [0.4, 0.5) is 0 Å². The molecule has 0 fully saturated rings. The summed E-state index contributed by atoms with van der Waals surface area (Å²) in [5.74, 6) is -5.05.